The van der Waals surface area contributed by atoms with Crippen LogP contribution in [0.2, 0.25) is 0 Å². The summed E-state index contributed by atoms with van der Waals surface area (Å²) in [5.74, 6) is -0.0347. The monoisotopic (exact) mass is 570 g/mol. The third kappa shape index (κ3) is 27.1. The van der Waals surface area contributed by atoms with Gasteiger partial charge in [0.15, 0.2) is 0 Å². The second kappa shape index (κ2) is 30.8. The van der Waals surface area contributed by atoms with Crippen molar-refractivity contribution in [3.63, 3.8) is 0 Å². The van der Waals surface area contributed by atoms with Gasteiger partial charge in [0.1, 0.15) is 0 Å². The molecule has 238 valence electrons. The second-order valence-electron chi connectivity index (χ2n) is 11.8. The van der Waals surface area contributed by atoms with Gasteiger partial charge in [0.2, 0.25) is 0 Å². The van der Waals surface area contributed by atoms with Crippen LogP contribution >= 0.6 is 0 Å². The van der Waals surface area contributed by atoms with Gasteiger partial charge >= 0.3 is 11.9 Å². The van der Waals surface area contributed by atoms with Gasteiger partial charge in [0, 0.05) is 13.0 Å². The van der Waals surface area contributed by atoms with Crippen LogP contribution in [0.15, 0.2) is 0 Å². The highest BCUT2D eigenvalue weighted by molar-refractivity contribution is 5.71. The molecule has 0 saturated carbocycles. The molecule has 6 heteroatoms. The van der Waals surface area contributed by atoms with Crippen LogP contribution in [-0.2, 0) is 19.1 Å². The molecule has 0 bridgehead atoms. The van der Waals surface area contributed by atoms with E-state index >= 15 is 0 Å². The lowest BCUT2D eigenvalue weighted by Gasteiger charge is -2.22. The molecule has 0 aliphatic carbocycles. The summed E-state index contributed by atoms with van der Waals surface area (Å²) in [6, 6.07) is 0. The van der Waals surface area contributed by atoms with Crippen LogP contribution in [0.5, 0.6) is 0 Å². The number of unbranched alkanes of at least 4 members (excludes halogenated alkanes) is 15. The van der Waals surface area contributed by atoms with Crippen LogP contribution in [0.4, 0.5) is 0 Å². The predicted molar refractivity (Wildman–Crippen MR) is 168 cm³/mol. The molecule has 0 aromatic rings. The SMILES string of the molecule is CCCCCCCC(C)C(=O)OCCCCCCN(CCCCCO)CCCCCCOC(=O)CCCCCC. The zero-order valence-corrected chi connectivity index (χ0v) is 26.9. The normalized spacial score (nSPS) is 12.1. The number of esters is 2. The van der Waals surface area contributed by atoms with Crippen LogP contribution in [0.25, 0.3) is 0 Å². The van der Waals surface area contributed by atoms with Crippen LogP contribution in [0.1, 0.15) is 162 Å². The molecular weight excluding hydrogens is 502 g/mol. The van der Waals surface area contributed by atoms with Crippen molar-refractivity contribution in [1.82, 2.24) is 4.90 Å². The van der Waals surface area contributed by atoms with Gasteiger partial charge in [-0.2, -0.15) is 0 Å². The van der Waals surface area contributed by atoms with E-state index in [0.717, 1.165) is 90.3 Å². The zero-order chi connectivity index (χ0) is 29.5. The number of rotatable bonds is 31. The highest BCUT2D eigenvalue weighted by Crippen LogP contribution is 2.14. The van der Waals surface area contributed by atoms with Crippen LogP contribution in [0, 0.1) is 5.92 Å². The lowest BCUT2D eigenvalue weighted by Crippen LogP contribution is -2.27. The van der Waals surface area contributed by atoms with Gasteiger partial charge in [0.25, 0.3) is 0 Å². The van der Waals surface area contributed by atoms with Gasteiger partial charge < -0.3 is 19.5 Å². The fourth-order valence-electron chi connectivity index (χ4n) is 4.98. The Morgan fingerprint density at radius 2 is 1.07 bits per heavy atom. The summed E-state index contributed by atoms with van der Waals surface area (Å²) in [5.41, 5.74) is 0. The molecule has 40 heavy (non-hydrogen) atoms. The van der Waals surface area contributed by atoms with Crippen molar-refractivity contribution in [3.8, 4) is 0 Å². The van der Waals surface area contributed by atoms with Gasteiger partial charge in [-0.15, -0.1) is 0 Å². The maximum absolute atomic E-state index is 12.2. The molecule has 0 aliphatic rings. The van der Waals surface area contributed by atoms with Gasteiger partial charge in [-0.3, -0.25) is 9.59 Å². The first kappa shape index (κ1) is 38.9. The Morgan fingerprint density at radius 3 is 1.65 bits per heavy atom. The molecule has 0 fully saturated rings. The van der Waals surface area contributed by atoms with Gasteiger partial charge in [-0.1, -0.05) is 97.8 Å². The molecule has 1 N–H and O–H groups in total. The molecular formula is C34H67NO5. The quantitative estimate of drug-likeness (QED) is 0.0665. The molecule has 0 radical (unpaired) electrons. The maximum Gasteiger partial charge on any atom is 0.308 e. The summed E-state index contributed by atoms with van der Waals surface area (Å²) in [7, 11) is 0. The highest BCUT2D eigenvalue weighted by Gasteiger charge is 2.13. The van der Waals surface area contributed by atoms with E-state index in [9.17, 15) is 9.59 Å². The average Bonchev–Trinajstić information content (AvgIpc) is 2.95. The Morgan fingerprint density at radius 1 is 0.600 bits per heavy atom. The maximum atomic E-state index is 12.2. The highest BCUT2D eigenvalue weighted by atomic mass is 16.5. The van der Waals surface area contributed by atoms with Crippen molar-refractivity contribution in [2.24, 2.45) is 5.92 Å². The number of ether oxygens (including phenoxy) is 2. The zero-order valence-electron chi connectivity index (χ0n) is 26.9. The minimum absolute atomic E-state index is 0.0230. The molecule has 1 atom stereocenters. The van der Waals surface area contributed by atoms with E-state index in [2.05, 4.69) is 18.7 Å². The minimum Gasteiger partial charge on any atom is -0.466 e. The van der Waals surface area contributed by atoms with Gasteiger partial charge in [0.05, 0.1) is 19.1 Å². The summed E-state index contributed by atoms with van der Waals surface area (Å²) < 4.78 is 10.9. The van der Waals surface area contributed by atoms with E-state index in [1.165, 1.54) is 64.2 Å². The summed E-state index contributed by atoms with van der Waals surface area (Å²) in [6.07, 6.45) is 24.1. The fraction of sp³-hybridized carbons (Fsp3) is 0.941. The molecule has 0 aromatic heterocycles. The number of hydrogen-bond donors (Lipinski definition) is 1. The first-order valence-corrected chi connectivity index (χ1v) is 17.2. The molecule has 1 unspecified atom stereocenters. The van der Waals surface area contributed by atoms with E-state index in [1.807, 2.05) is 6.92 Å². The lowest BCUT2D eigenvalue weighted by molar-refractivity contribution is -0.148. The Hall–Kier alpha value is -1.14. The third-order valence-corrected chi connectivity index (χ3v) is 7.75. The average molecular weight is 570 g/mol. The van der Waals surface area contributed by atoms with E-state index in [-0.39, 0.29) is 24.5 Å². The summed E-state index contributed by atoms with van der Waals surface area (Å²) in [6.45, 7) is 11.1. The standard InChI is InChI=1S/C34H67NO5/c1-4-6-8-10-16-24-32(3)34(38)40-31-23-14-12-19-27-35(28-20-15-21-29-36)26-18-11-13-22-30-39-33(37)25-17-9-7-5-2/h32,36H,4-31H2,1-3H3. The Kier molecular flexibility index (Phi) is 29.9. The van der Waals surface area contributed by atoms with Crippen molar-refractivity contribution < 1.29 is 24.2 Å². The first-order valence-electron chi connectivity index (χ1n) is 17.2. The van der Waals surface area contributed by atoms with Crippen LogP contribution < -0.4 is 0 Å². The number of hydrogen-bond acceptors (Lipinski definition) is 6. The van der Waals surface area contributed by atoms with E-state index in [0.29, 0.717) is 19.6 Å². The molecule has 0 aliphatic heterocycles. The number of carbonyl (C=O) groups excluding carboxylic acids is 2. The van der Waals surface area contributed by atoms with Crippen molar-refractivity contribution in [3.05, 3.63) is 0 Å². The summed E-state index contributed by atoms with van der Waals surface area (Å²) in [5, 5.41) is 9.07. The van der Waals surface area contributed by atoms with E-state index in [1.54, 1.807) is 0 Å². The van der Waals surface area contributed by atoms with Gasteiger partial charge in [-0.25, -0.2) is 0 Å². The smallest absolute Gasteiger partial charge is 0.308 e. The van der Waals surface area contributed by atoms with Crippen molar-refractivity contribution >= 4 is 11.9 Å². The number of nitrogens with zero attached hydrogens (tertiary/aromatic N) is 1. The van der Waals surface area contributed by atoms with Gasteiger partial charge in [-0.05, 0) is 77.4 Å². The fourth-order valence-corrected chi connectivity index (χ4v) is 4.98. The molecule has 0 aromatic carbocycles. The number of carbonyl (C=O) groups is 2. The number of aliphatic hydroxyl groups excluding tert-OH is 1. The molecule has 0 amide bonds. The second-order valence-corrected chi connectivity index (χ2v) is 11.8. The van der Waals surface area contributed by atoms with Crippen LogP contribution in [-0.4, -0.2) is 61.4 Å². The largest absolute Gasteiger partial charge is 0.466 e. The predicted octanol–water partition coefficient (Wildman–Crippen LogP) is 8.63. The van der Waals surface area contributed by atoms with Crippen molar-refractivity contribution in [2.45, 2.75) is 162 Å². The topological polar surface area (TPSA) is 76.1 Å². The Balaban J connectivity index is 3.91. The summed E-state index contributed by atoms with van der Waals surface area (Å²) in [4.78, 5) is 26.5. The van der Waals surface area contributed by atoms with E-state index < -0.39 is 0 Å². The van der Waals surface area contributed by atoms with Crippen molar-refractivity contribution in [1.29, 1.82) is 0 Å². The molecule has 0 spiro atoms. The molecule has 0 saturated heterocycles. The first-order chi connectivity index (χ1) is 19.5. The summed E-state index contributed by atoms with van der Waals surface area (Å²) >= 11 is 0. The van der Waals surface area contributed by atoms with E-state index in [4.69, 9.17) is 14.6 Å². The van der Waals surface area contributed by atoms with Crippen molar-refractivity contribution in [2.75, 3.05) is 39.5 Å². The minimum atomic E-state index is -0.0361. The number of aliphatic hydroxyl groups is 1. The van der Waals surface area contributed by atoms with Crippen LogP contribution in [0.3, 0.4) is 0 Å². The Labute approximate surface area is 248 Å². The third-order valence-electron chi connectivity index (χ3n) is 7.75. The molecule has 0 heterocycles. The molecule has 6 nitrogen and oxygen atoms in total. The lowest BCUT2D eigenvalue weighted by atomic mass is 10.0. The Bertz CT molecular complexity index is 556. The molecule has 0 rings (SSSR count).